The van der Waals surface area contributed by atoms with Crippen LogP contribution in [-0.2, 0) is 30.5 Å². The average molecular weight is 354 g/mol. The summed E-state index contributed by atoms with van der Waals surface area (Å²) in [4.78, 5) is 35.2. The first-order valence-electron chi connectivity index (χ1n) is 7.50. The van der Waals surface area contributed by atoms with Crippen molar-refractivity contribution in [2.24, 2.45) is 5.73 Å². The lowest BCUT2D eigenvalue weighted by atomic mass is 9.95. The fraction of sp³-hybridized carbons (Fsp3) is 0.471. The summed E-state index contributed by atoms with van der Waals surface area (Å²) in [6.45, 7) is 4.96. The Labute approximate surface area is 146 Å². The van der Waals surface area contributed by atoms with Gasteiger partial charge in [0.25, 0.3) is 0 Å². The number of carboxylic acids is 1. The van der Waals surface area contributed by atoms with Gasteiger partial charge < -0.3 is 26.5 Å². The third-order valence-electron chi connectivity index (χ3n) is 3.10. The highest BCUT2D eigenvalue weighted by Gasteiger charge is 2.44. The van der Waals surface area contributed by atoms with Crippen molar-refractivity contribution < 1.29 is 29.0 Å². The first-order valence-corrected chi connectivity index (χ1v) is 7.50. The van der Waals surface area contributed by atoms with E-state index in [1.807, 2.05) is 0 Å². The maximum atomic E-state index is 12.1. The Kier molecular flexibility index (Phi) is 8.25. The number of benzene rings is 1. The summed E-state index contributed by atoms with van der Waals surface area (Å²) >= 11 is 0. The Bertz CT molecular complexity index is 597. The van der Waals surface area contributed by atoms with Crippen LogP contribution in [0.5, 0.6) is 0 Å². The Morgan fingerprint density at radius 2 is 1.68 bits per heavy atom. The maximum absolute atomic E-state index is 12.1. The Morgan fingerprint density at radius 3 is 2.16 bits per heavy atom. The molecule has 0 fully saturated rings. The van der Waals surface area contributed by atoms with Gasteiger partial charge in [-0.25, -0.2) is 9.59 Å². The number of carboxylic acid groups (broad SMARTS) is 1. The molecule has 8 nitrogen and oxygen atoms in total. The van der Waals surface area contributed by atoms with Crippen molar-refractivity contribution in [1.82, 2.24) is 6.15 Å². The van der Waals surface area contributed by atoms with Gasteiger partial charge in [-0.2, -0.15) is 0 Å². The molecule has 140 valence electrons. The van der Waals surface area contributed by atoms with E-state index in [1.54, 1.807) is 51.1 Å². The number of hydrogen-bond acceptors (Lipinski definition) is 7. The molecular weight excluding hydrogens is 328 g/mol. The number of hydrogen-bond donors (Lipinski definition) is 3. The lowest BCUT2D eigenvalue weighted by Gasteiger charge is -2.24. The van der Waals surface area contributed by atoms with Gasteiger partial charge in [-0.15, -0.1) is 0 Å². The molecule has 0 bridgehead atoms. The second kappa shape index (κ2) is 9.14. The smallest absolute Gasteiger partial charge is 0.338 e. The zero-order chi connectivity index (χ0) is 18.4. The minimum absolute atomic E-state index is 0. The van der Waals surface area contributed by atoms with Crippen LogP contribution in [0.2, 0.25) is 0 Å². The topological polar surface area (TPSA) is 151 Å². The minimum atomic E-state index is -2.30. The number of carbonyl (C=O) groups excluding carboxylic acids is 2. The first kappa shape index (κ1) is 22.6. The fourth-order valence-electron chi connectivity index (χ4n) is 1.84. The molecule has 0 saturated carbocycles. The molecular formula is C17H26N2O6. The standard InChI is InChI=1S/C17H23NO6.H3N/c1-16(2,3)24-13(19)9-10-17(18,14(20)21)15(22)23-11-12-7-5-4-6-8-12;/h4-8H,9-11,18H2,1-3H3,(H,20,21);1H3. The zero-order valence-corrected chi connectivity index (χ0v) is 14.8. The minimum Gasteiger partial charge on any atom is -0.479 e. The van der Waals surface area contributed by atoms with E-state index in [9.17, 15) is 19.5 Å². The van der Waals surface area contributed by atoms with Crippen molar-refractivity contribution >= 4 is 17.9 Å². The molecule has 0 radical (unpaired) electrons. The summed E-state index contributed by atoms with van der Waals surface area (Å²) in [6.07, 6.45) is -0.717. The van der Waals surface area contributed by atoms with Crippen molar-refractivity contribution in [3.63, 3.8) is 0 Å². The normalized spacial score (nSPS) is 13.1. The number of carbonyl (C=O) groups is 3. The summed E-state index contributed by atoms with van der Waals surface area (Å²) in [7, 11) is 0. The number of ether oxygens (including phenoxy) is 2. The summed E-state index contributed by atoms with van der Waals surface area (Å²) in [5, 5.41) is 9.27. The van der Waals surface area contributed by atoms with Crippen molar-refractivity contribution in [1.29, 1.82) is 0 Å². The molecule has 6 N–H and O–H groups in total. The third-order valence-corrected chi connectivity index (χ3v) is 3.10. The lowest BCUT2D eigenvalue weighted by Crippen LogP contribution is -2.56. The number of aliphatic carboxylic acids is 1. The van der Waals surface area contributed by atoms with Gasteiger partial charge in [-0.3, -0.25) is 4.79 Å². The molecule has 25 heavy (non-hydrogen) atoms. The van der Waals surface area contributed by atoms with Crippen LogP contribution in [0.25, 0.3) is 0 Å². The lowest BCUT2D eigenvalue weighted by molar-refractivity contribution is -0.163. The molecule has 0 aromatic heterocycles. The van der Waals surface area contributed by atoms with Crippen LogP contribution in [0.4, 0.5) is 0 Å². The van der Waals surface area contributed by atoms with Crippen molar-refractivity contribution in [2.75, 3.05) is 0 Å². The molecule has 0 heterocycles. The molecule has 0 aliphatic rings. The molecule has 1 aromatic rings. The summed E-state index contributed by atoms with van der Waals surface area (Å²) in [5.74, 6) is -3.28. The van der Waals surface area contributed by atoms with Crippen molar-refractivity contribution in [3.8, 4) is 0 Å². The van der Waals surface area contributed by atoms with Crippen LogP contribution in [-0.4, -0.2) is 34.2 Å². The molecule has 8 heteroatoms. The first-order chi connectivity index (χ1) is 11.0. The van der Waals surface area contributed by atoms with Crippen LogP contribution in [0, 0.1) is 0 Å². The van der Waals surface area contributed by atoms with Gasteiger partial charge in [-0.05, 0) is 32.8 Å². The van der Waals surface area contributed by atoms with Gasteiger partial charge in [0.05, 0.1) is 0 Å². The van der Waals surface area contributed by atoms with E-state index in [4.69, 9.17) is 15.2 Å². The van der Waals surface area contributed by atoms with E-state index in [-0.39, 0.29) is 19.2 Å². The van der Waals surface area contributed by atoms with Gasteiger partial charge >= 0.3 is 17.9 Å². The summed E-state index contributed by atoms with van der Waals surface area (Å²) in [5.41, 5.74) is 3.38. The number of esters is 2. The highest BCUT2D eigenvalue weighted by molar-refractivity contribution is 6.04. The molecule has 0 saturated heterocycles. The molecule has 1 rings (SSSR count). The van der Waals surface area contributed by atoms with Crippen LogP contribution < -0.4 is 11.9 Å². The van der Waals surface area contributed by atoms with E-state index in [0.29, 0.717) is 5.56 Å². The van der Waals surface area contributed by atoms with Crippen LogP contribution in [0.15, 0.2) is 30.3 Å². The van der Waals surface area contributed by atoms with Crippen LogP contribution >= 0.6 is 0 Å². The van der Waals surface area contributed by atoms with Gasteiger partial charge in [0.15, 0.2) is 0 Å². The van der Waals surface area contributed by atoms with Gasteiger partial charge in [-0.1, -0.05) is 30.3 Å². The predicted molar refractivity (Wildman–Crippen MR) is 90.9 cm³/mol. The van der Waals surface area contributed by atoms with Crippen LogP contribution in [0.3, 0.4) is 0 Å². The quantitative estimate of drug-likeness (QED) is 0.495. The highest BCUT2D eigenvalue weighted by atomic mass is 16.6. The monoisotopic (exact) mass is 354 g/mol. The SMILES string of the molecule is CC(C)(C)OC(=O)CCC(N)(C(=O)O)C(=O)OCc1ccccc1.N. The Morgan fingerprint density at radius 1 is 1.12 bits per heavy atom. The van der Waals surface area contributed by atoms with E-state index in [0.717, 1.165) is 0 Å². The Balaban J connectivity index is 0.00000576. The maximum Gasteiger partial charge on any atom is 0.338 e. The predicted octanol–water partition coefficient (Wildman–Crippen LogP) is 1.80. The zero-order valence-electron chi connectivity index (χ0n) is 14.8. The fourth-order valence-corrected chi connectivity index (χ4v) is 1.84. The van der Waals surface area contributed by atoms with E-state index < -0.39 is 35.5 Å². The second-order valence-corrected chi connectivity index (χ2v) is 6.42. The molecule has 0 spiro atoms. The molecule has 0 amide bonds. The largest absolute Gasteiger partial charge is 0.479 e. The van der Waals surface area contributed by atoms with Crippen molar-refractivity contribution in [3.05, 3.63) is 35.9 Å². The van der Waals surface area contributed by atoms with E-state index >= 15 is 0 Å². The van der Waals surface area contributed by atoms with E-state index in [1.165, 1.54) is 0 Å². The Hall–Kier alpha value is -2.45. The summed E-state index contributed by atoms with van der Waals surface area (Å²) in [6, 6.07) is 8.79. The van der Waals surface area contributed by atoms with Gasteiger partial charge in [0.1, 0.15) is 12.2 Å². The molecule has 0 aliphatic carbocycles. The van der Waals surface area contributed by atoms with Crippen LogP contribution in [0.1, 0.15) is 39.2 Å². The number of nitrogens with two attached hydrogens (primary N) is 1. The molecule has 1 aromatic carbocycles. The second-order valence-electron chi connectivity index (χ2n) is 6.42. The van der Waals surface area contributed by atoms with Gasteiger partial charge in [0, 0.05) is 6.42 Å². The average Bonchev–Trinajstić information content (AvgIpc) is 2.49. The van der Waals surface area contributed by atoms with Gasteiger partial charge in [0.2, 0.25) is 5.54 Å². The number of rotatable bonds is 7. The molecule has 0 aliphatic heterocycles. The van der Waals surface area contributed by atoms with E-state index in [2.05, 4.69) is 0 Å². The third kappa shape index (κ3) is 7.32. The van der Waals surface area contributed by atoms with Crippen molar-refractivity contribution in [2.45, 2.75) is 51.4 Å². The highest BCUT2D eigenvalue weighted by Crippen LogP contribution is 2.17. The molecule has 1 atom stereocenters. The summed E-state index contributed by atoms with van der Waals surface area (Å²) < 4.78 is 10.1. The molecule has 1 unspecified atom stereocenters.